The van der Waals surface area contributed by atoms with E-state index >= 15 is 0 Å². The largest absolute Gasteiger partial charge is 0.488 e. The zero-order valence-corrected chi connectivity index (χ0v) is 19.9. The van der Waals surface area contributed by atoms with Crippen LogP contribution in [0.4, 0.5) is 4.79 Å². The van der Waals surface area contributed by atoms with Gasteiger partial charge in [0.05, 0.1) is 17.7 Å². The van der Waals surface area contributed by atoms with Crippen molar-refractivity contribution in [2.24, 2.45) is 5.92 Å². The fourth-order valence-corrected chi connectivity index (χ4v) is 3.89. The highest BCUT2D eigenvalue weighted by atomic mass is 35.5. The first-order valence-corrected chi connectivity index (χ1v) is 11.1. The van der Waals surface area contributed by atoms with Crippen LogP contribution in [0.1, 0.15) is 44.9 Å². The van der Waals surface area contributed by atoms with Crippen LogP contribution in [0.5, 0.6) is 5.75 Å². The molecule has 0 saturated carbocycles. The quantitative estimate of drug-likeness (QED) is 0.495. The summed E-state index contributed by atoms with van der Waals surface area (Å²) in [7, 11) is 0. The Bertz CT molecular complexity index is 1050. The van der Waals surface area contributed by atoms with Crippen LogP contribution in [-0.2, 0) is 16.1 Å². The molecule has 0 aliphatic carbocycles. The van der Waals surface area contributed by atoms with Gasteiger partial charge >= 0.3 is 12.0 Å². The predicted molar refractivity (Wildman–Crippen MR) is 125 cm³/mol. The normalized spacial score (nSPS) is 16.1. The van der Waals surface area contributed by atoms with E-state index < -0.39 is 18.0 Å². The van der Waals surface area contributed by atoms with Gasteiger partial charge in [-0.2, -0.15) is 0 Å². The molecule has 6 nitrogen and oxygen atoms in total. The van der Waals surface area contributed by atoms with Crippen LogP contribution in [0.3, 0.4) is 0 Å². The molecule has 1 aliphatic rings. The lowest BCUT2D eigenvalue weighted by Crippen LogP contribution is -2.47. The van der Waals surface area contributed by atoms with Crippen molar-refractivity contribution in [3.05, 3.63) is 74.9 Å². The molecule has 2 amide bonds. The van der Waals surface area contributed by atoms with Crippen molar-refractivity contribution in [1.82, 2.24) is 10.6 Å². The van der Waals surface area contributed by atoms with Gasteiger partial charge in [-0.1, -0.05) is 61.3 Å². The Morgan fingerprint density at radius 2 is 1.81 bits per heavy atom. The standard InChI is InChI=1S/C24H26Cl2N2O4/c1-13(2)21-20(23(29)32-14(3)4)22(28-24(30)27-21)17-7-5-6-8-19(17)31-12-15-9-10-16(25)11-18(15)26/h5-11,13-14,22H,12H2,1-4H3,(H2,27,28,30). The van der Waals surface area contributed by atoms with Crippen LogP contribution < -0.4 is 15.4 Å². The summed E-state index contributed by atoms with van der Waals surface area (Å²) in [5, 5.41) is 6.65. The van der Waals surface area contributed by atoms with E-state index in [0.717, 1.165) is 5.56 Å². The van der Waals surface area contributed by atoms with Gasteiger partial charge in [-0.25, -0.2) is 9.59 Å². The first kappa shape index (κ1) is 24.0. The Kier molecular flexibility index (Phi) is 7.69. The van der Waals surface area contributed by atoms with E-state index in [1.807, 2.05) is 32.0 Å². The van der Waals surface area contributed by atoms with Gasteiger partial charge in [-0.3, -0.25) is 0 Å². The maximum Gasteiger partial charge on any atom is 0.338 e. The average molecular weight is 477 g/mol. The number of para-hydroxylation sites is 1. The number of allylic oxidation sites excluding steroid dienone is 1. The highest BCUT2D eigenvalue weighted by molar-refractivity contribution is 6.35. The van der Waals surface area contributed by atoms with Gasteiger partial charge in [0.25, 0.3) is 0 Å². The third kappa shape index (κ3) is 5.56. The van der Waals surface area contributed by atoms with E-state index in [1.165, 1.54) is 0 Å². The number of hydrogen-bond donors (Lipinski definition) is 2. The van der Waals surface area contributed by atoms with Crippen molar-refractivity contribution in [3.8, 4) is 5.75 Å². The lowest BCUT2D eigenvalue weighted by atomic mass is 9.91. The third-order valence-corrected chi connectivity index (χ3v) is 5.46. The molecular weight excluding hydrogens is 451 g/mol. The number of rotatable bonds is 7. The Hall–Kier alpha value is -2.70. The molecule has 3 rings (SSSR count). The minimum Gasteiger partial charge on any atom is -0.488 e. The molecule has 1 unspecified atom stereocenters. The Morgan fingerprint density at radius 1 is 1.09 bits per heavy atom. The molecule has 0 spiro atoms. The fourth-order valence-electron chi connectivity index (χ4n) is 3.42. The minimum absolute atomic E-state index is 0.0979. The highest BCUT2D eigenvalue weighted by Gasteiger charge is 2.36. The smallest absolute Gasteiger partial charge is 0.338 e. The maximum absolute atomic E-state index is 13.0. The SMILES string of the molecule is CC(C)OC(=O)C1=C(C(C)C)NC(=O)NC1c1ccccc1OCc1ccc(Cl)cc1Cl. The number of esters is 1. The predicted octanol–water partition coefficient (Wildman–Crippen LogP) is 5.79. The summed E-state index contributed by atoms with van der Waals surface area (Å²) in [6.07, 6.45) is -0.305. The van der Waals surface area contributed by atoms with E-state index in [2.05, 4.69) is 10.6 Å². The van der Waals surface area contributed by atoms with Crippen LogP contribution in [0.2, 0.25) is 10.0 Å². The Labute approximate surface area is 197 Å². The summed E-state index contributed by atoms with van der Waals surface area (Å²) in [6, 6.07) is 11.3. The highest BCUT2D eigenvalue weighted by Crippen LogP contribution is 2.36. The summed E-state index contributed by atoms with van der Waals surface area (Å²) < 4.78 is 11.6. The molecule has 1 aliphatic heterocycles. The van der Waals surface area contributed by atoms with E-state index in [1.54, 1.807) is 38.1 Å². The van der Waals surface area contributed by atoms with Crippen molar-refractivity contribution in [3.63, 3.8) is 0 Å². The van der Waals surface area contributed by atoms with Crippen LogP contribution in [0.25, 0.3) is 0 Å². The summed E-state index contributed by atoms with van der Waals surface area (Å²) >= 11 is 12.2. The second-order valence-electron chi connectivity index (χ2n) is 8.03. The van der Waals surface area contributed by atoms with Crippen molar-refractivity contribution < 1.29 is 19.1 Å². The molecule has 2 aromatic carbocycles. The Balaban J connectivity index is 2.00. The molecule has 0 fully saturated rings. The lowest BCUT2D eigenvalue weighted by molar-refractivity contribution is -0.143. The molecule has 2 N–H and O–H groups in total. The molecule has 8 heteroatoms. The molecule has 1 heterocycles. The molecule has 2 aromatic rings. The summed E-state index contributed by atoms with van der Waals surface area (Å²) in [4.78, 5) is 25.5. The number of ether oxygens (including phenoxy) is 2. The first-order chi connectivity index (χ1) is 15.2. The second-order valence-corrected chi connectivity index (χ2v) is 8.87. The van der Waals surface area contributed by atoms with Crippen LogP contribution >= 0.6 is 23.2 Å². The Morgan fingerprint density at radius 3 is 2.47 bits per heavy atom. The molecule has 0 aromatic heterocycles. The van der Waals surface area contributed by atoms with Gasteiger partial charge in [-0.05, 0) is 38.0 Å². The number of benzene rings is 2. The number of amides is 2. The van der Waals surface area contributed by atoms with E-state index in [4.69, 9.17) is 32.7 Å². The second kappa shape index (κ2) is 10.3. The molecule has 0 radical (unpaired) electrons. The summed E-state index contributed by atoms with van der Waals surface area (Å²) in [5.74, 6) is -0.0698. The van der Waals surface area contributed by atoms with Crippen molar-refractivity contribution >= 4 is 35.2 Å². The molecule has 170 valence electrons. The van der Waals surface area contributed by atoms with Gasteiger partial charge in [0.15, 0.2) is 0 Å². The van der Waals surface area contributed by atoms with Crippen LogP contribution in [0, 0.1) is 5.92 Å². The molecule has 0 saturated heterocycles. The number of carbonyl (C=O) groups excluding carboxylic acids is 2. The summed E-state index contributed by atoms with van der Waals surface area (Å²) in [6.45, 7) is 7.57. The van der Waals surface area contributed by atoms with Crippen LogP contribution in [0.15, 0.2) is 53.7 Å². The fraction of sp³-hybridized carbons (Fsp3) is 0.333. The molecular formula is C24H26Cl2N2O4. The van der Waals surface area contributed by atoms with Crippen molar-refractivity contribution in [2.75, 3.05) is 0 Å². The number of carbonyl (C=O) groups is 2. The first-order valence-electron chi connectivity index (χ1n) is 10.4. The van der Waals surface area contributed by atoms with Gasteiger partial charge in [0, 0.05) is 26.9 Å². The van der Waals surface area contributed by atoms with Crippen molar-refractivity contribution in [2.45, 2.75) is 46.4 Å². The molecule has 1 atom stereocenters. The van der Waals surface area contributed by atoms with Gasteiger partial charge in [0.2, 0.25) is 0 Å². The van der Waals surface area contributed by atoms with Gasteiger partial charge < -0.3 is 20.1 Å². The maximum atomic E-state index is 13.0. The van der Waals surface area contributed by atoms with E-state index in [0.29, 0.717) is 32.6 Å². The lowest BCUT2D eigenvalue weighted by Gasteiger charge is -2.32. The number of urea groups is 1. The van der Waals surface area contributed by atoms with Gasteiger partial charge in [0.1, 0.15) is 12.4 Å². The zero-order valence-electron chi connectivity index (χ0n) is 18.4. The van der Waals surface area contributed by atoms with E-state index in [9.17, 15) is 9.59 Å². The monoisotopic (exact) mass is 476 g/mol. The number of hydrogen-bond acceptors (Lipinski definition) is 4. The zero-order chi connectivity index (χ0) is 23.4. The third-order valence-electron chi connectivity index (χ3n) is 4.87. The average Bonchev–Trinajstić information content (AvgIpc) is 2.72. The van der Waals surface area contributed by atoms with E-state index in [-0.39, 0.29) is 18.6 Å². The number of halogens is 2. The minimum atomic E-state index is -0.732. The topological polar surface area (TPSA) is 76.7 Å². The molecule has 0 bridgehead atoms. The van der Waals surface area contributed by atoms with Crippen LogP contribution in [-0.4, -0.2) is 18.1 Å². The molecule has 32 heavy (non-hydrogen) atoms. The summed E-state index contributed by atoms with van der Waals surface area (Å²) in [5.41, 5.74) is 2.29. The van der Waals surface area contributed by atoms with Gasteiger partial charge in [-0.15, -0.1) is 0 Å². The van der Waals surface area contributed by atoms with Crippen molar-refractivity contribution in [1.29, 1.82) is 0 Å². The number of nitrogens with one attached hydrogen (secondary N) is 2.